The van der Waals surface area contributed by atoms with Gasteiger partial charge in [0.15, 0.2) is 0 Å². The maximum absolute atomic E-state index is 12.2. The molecule has 23 heavy (non-hydrogen) atoms. The molecule has 1 heterocycles. The highest BCUT2D eigenvalue weighted by Gasteiger charge is 2.29. The van der Waals surface area contributed by atoms with Gasteiger partial charge in [-0.1, -0.05) is 27.2 Å². The van der Waals surface area contributed by atoms with Gasteiger partial charge in [0.2, 0.25) is 5.91 Å². The van der Waals surface area contributed by atoms with Crippen molar-refractivity contribution in [2.45, 2.75) is 83.8 Å². The van der Waals surface area contributed by atoms with Gasteiger partial charge in [-0.15, -0.1) is 12.4 Å². The van der Waals surface area contributed by atoms with E-state index >= 15 is 0 Å². The van der Waals surface area contributed by atoms with Crippen LogP contribution < -0.4 is 11.1 Å². The largest absolute Gasteiger partial charge is 0.352 e. The van der Waals surface area contributed by atoms with Crippen molar-refractivity contribution in [3.05, 3.63) is 0 Å². The van der Waals surface area contributed by atoms with Gasteiger partial charge in [-0.25, -0.2) is 0 Å². The molecule has 2 unspecified atom stereocenters. The molecule has 4 nitrogen and oxygen atoms in total. The normalized spacial score (nSPS) is 29.4. The fraction of sp³-hybridized carbons (Fsp3) is 0.944. The smallest absolute Gasteiger partial charge is 0.237 e. The molecule has 1 aliphatic carbocycles. The van der Waals surface area contributed by atoms with E-state index in [9.17, 15) is 4.79 Å². The maximum atomic E-state index is 12.2. The number of piperidine rings is 1. The number of hydrogen-bond acceptors (Lipinski definition) is 3. The van der Waals surface area contributed by atoms with Gasteiger partial charge in [0, 0.05) is 12.1 Å². The van der Waals surface area contributed by atoms with Crippen LogP contribution in [0.25, 0.3) is 0 Å². The van der Waals surface area contributed by atoms with Crippen molar-refractivity contribution in [1.82, 2.24) is 10.2 Å². The van der Waals surface area contributed by atoms with Crippen LogP contribution in [0.2, 0.25) is 0 Å². The number of nitrogens with zero attached hydrogens (tertiary/aromatic N) is 1. The van der Waals surface area contributed by atoms with E-state index in [4.69, 9.17) is 5.73 Å². The van der Waals surface area contributed by atoms with Crippen LogP contribution in [0.5, 0.6) is 0 Å². The summed E-state index contributed by atoms with van der Waals surface area (Å²) in [6.45, 7) is 9.04. The summed E-state index contributed by atoms with van der Waals surface area (Å²) in [4.78, 5) is 14.9. The second-order valence-corrected chi connectivity index (χ2v) is 7.64. The summed E-state index contributed by atoms with van der Waals surface area (Å²) in [5, 5.41) is 3.18. The highest BCUT2D eigenvalue weighted by Crippen LogP contribution is 2.27. The summed E-state index contributed by atoms with van der Waals surface area (Å²) in [5.74, 6) is 1.20. The Hall–Kier alpha value is -0.320. The molecule has 5 heteroatoms. The molecule has 2 atom stereocenters. The minimum absolute atomic E-state index is 0. The van der Waals surface area contributed by atoms with Crippen molar-refractivity contribution in [2.24, 2.45) is 17.6 Å². The molecular weight excluding hydrogens is 310 g/mol. The standard InChI is InChI=1S/C18H35N3O.ClH/c1-4-14(3)17(19)18(22)20-15-5-7-16(8-6-15)21-11-9-13(2)10-12-21;/h13-17H,4-12,19H2,1-3H3,(H,20,22);1H. The summed E-state index contributed by atoms with van der Waals surface area (Å²) in [6.07, 6.45) is 8.30. The molecule has 0 aromatic rings. The number of hydrogen-bond donors (Lipinski definition) is 2. The van der Waals surface area contributed by atoms with Crippen LogP contribution in [-0.4, -0.2) is 42.0 Å². The van der Waals surface area contributed by atoms with Crippen molar-refractivity contribution < 1.29 is 4.79 Å². The van der Waals surface area contributed by atoms with Gasteiger partial charge >= 0.3 is 0 Å². The van der Waals surface area contributed by atoms with Crippen molar-refractivity contribution in [3.8, 4) is 0 Å². The molecule has 136 valence electrons. The fourth-order valence-electron chi connectivity index (χ4n) is 3.79. The van der Waals surface area contributed by atoms with E-state index < -0.39 is 0 Å². The third kappa shape index (κ3) is 5.91. The first-order valence-electron chi connectivity index (χ1n) is 9.31. The zero-order chi connectivity index (χ0) is 16.1. The van der Waals surface area contributed by atoms with Gasteiger partial charge in [-0.2, -0.15) is 0 Å². The van der Waals surface area contributed by atoms with Crippen LogP contribution in [-0.2, 0) is 4.79 Å². The quantitative estimate of drug-likeness (QED) is 0.805. The SMILES string of the molecule is CCC(C)C(N)C(=O)NC1CCC(N2CCC(C)CC2)CC1.Cl. The molecule has 1 saturated carbocycles. The van der Waals surface area contributed by atoms with E-state index in [0.717, 1.165) is 31.2 Å². The number of carbonyl (C=O) groups is 1. The minimum atomic E-state index is -0.355. The topological polar surface area (TPSA) is 58.4 Å². The Morgan fingerprint density at radius 1 is 1.17 bits per heavy atom. The van der Waals surface area contributed by atoms with E-state index in [1.165, 1.54) is 38.8 Å². The Morgan fingerprint density at radius 3 is 2.26 bits per heavy atom. The Morgan fingerprint density at radius 2 is 1.74 bits per heavy atom. The zero-order valence-corrected chi connectivity index (χ0v) is 15.9. The lowest BCUT2D eigenvalue weighted by Gasteiger charge is -2.40. The van der Waals surface area contributed by atoms with Gasteiger partial charge in [0.25, 0.3) is 0 Å². The van der Waals surface area contributed by atoms with Gasteiger partial charge in [0.05, 0.1) is 6.04 Å². The van der Waals surface area contributed by atoms with Crippen molar-refractivity contribution in [3.63, 3.8) is 0 Å². The molecule has 0 aromatic heterocycles. The molecule has 1 aliphatic heterocycles. The van der Waals surface area contributed by atoms with E-state index in [-0.39, 0.29) is 30.3 Å². The number of amides is 1. The molecule has 1 saturated heterocycles. The van der Waals surface area contributed by atoms with Gasteiger partial charge < -0.3 is 16.0 Å². The van der Waals surface area contributed by atoms with E-state index in [1.807, 2.05) is 0 Å². The summed E-state index contributed by atoms with van der Waals surface area (Å²) in [7, 11) is 0. The lowest BCUT2D eigenvalue weighted by molar-refractivity contribution is -0.124. The van der Waals surface area contributed by atoms with Crippen LogP contribution in [0, 0.1) is 11.8 Å². The van der Waals surface area contributed by atoms with Crippen molar-refractivity contribution in [1.29, 1.82) is 0 Å². The molecule has 2 aliphatic rings. The van der Waals surface area contributed by atoms with E-state index in [1.54, 1.807) is 0 Å². The maximum Gasteiger partial charge on any atom is 0.237 e. The molecule has 0 radical (unpaired) electrons. The second kappa shape index (κ2) is 9.85. The lowest BCUT2D eigenvalue weighted by atomic mass is 9.87. The Kier molecular flexibility index (Phi) is 8.88. The first-order valence-corrected chi connectivity index (χ1v) is 9.31. The van der Waals surface area contributed by atoms with Crippen LogP contribution in [0.15, 0.2) is 0 Å². The molecular formula is C18H36ClN3O. The first-order chi connectivity index (χ1) is 10.5. The van der Waals surface area contributed by atoms with Crippen LogP contribution >= 0.6 is 12.4 Å². The molecule has 3 N–H and O–H groups in total. The van der Waals surface area contributed by atoms with Crippen molar-refractivity contribution in [2.75, 3.05) is 13.1 Å². The zero-order valence-electron chi connectivity index (χ0n) is 15.1. The molecule has 2 fully saturated rings. The molecule has 2 rings (SSSR count). The van der Waals surface area contributed by atoms with Gasteiger partial charge in [0.1, 0.15) is 0 Å². The number of nitrogens with one attached hydrogen (secondary N) is 1. The highest BCUT2D eigenvalue weighted by atomic mass is 35.5. The molecule has 0 bridgehead atoms. The van der Waals surface area contributed by atoms with Crippen LogP contribution in [0.3, 0.4) is 0 Å². The second-order valence-electron chi connectivity index (χ2n) is 7.64. The van der Waals surface area contributed by atoms with Gasteiger partial charge in [-0.05, 0) is 63.5 Å². The molecule has 0 spiro atoms. The van der Waals surface area contributed by atoms with E-state index in [2.05, 4.69) is 31.0 Å². The molecule has 0 aromatic carbocycles. The van der Waals surface area contributed by atoms with Gasteiger partial charge in [-0.3, -0.25) is 4.79 Å². The first kappa shape index (κ1) is 20.7. The number of carbonyl (C=O) groups excluding carboxylic acids is 1. The van der Waals surface area contributed by atoms with Crippen LogP contribution in [0.1, 0.15) is 65.7 Å². The highest BCUT2D eigenvalue weighted by molar-refractivity contribution is 5.85. The Bertz CT molecular complexity index is 350. The lowest BCUT2D eigenvalue weighted by Crippen LogP contribution is -2.51. The van der Waals surface area contributed by atoms with Crippen molar-refractivity contribution >= 4 is 18.3 Å². The van der Waals surface area contributed by atoms with Crippen LogP contribution in [0.4, 0.5) is 0 Å². The average molecular weight is 346 g/mol. The summed E-state index contributed by atoms with van der Waals surface area (Å²) >= 11 is 0. The number of rotatable bonds is 5. The predicted octanol–water partition coefficient (Wildman–Crippen LogP) is 2.94. The third-order valence-electron chi connectivity index (χ3n) is 5.94. The molecule has 1 amide bonds. The number of likely N-dealkylation sites (tertiary alicyclic amines) is 1. The summed E-state index contributed by atoms with van der Waals surface area (Å²) < 4.78 is 0. The fourth-order valence-corrected chi connectivity index (χ4v) is 3.79. The minimum Gasteiger partial charge on any atom is -0.352 e. The third-order valence-corrected chi connectivity index (χ3v) is 5.94. The Balaban J connectivity index is 0.00000264. The van der Waals surface area contributed by atoms with E-state index in [0.29, 0.717) is 6.04 Å². The number of nitrogens with two attached hydrogens (primary N) is 1. The predicted molar refractivity (Wildman–Crippen MR) is 98.8 cm³/mol. The average Bonchev–Trinajstić information content (AvgIpc) is 2.55. The summed E-state index contributed by atoms with van der Waals surface area (Å²) in [5.41, 5.74) is 6.03. The Labute approximate surface area is 148 Å². The monoisotopic (exact) mass is 345 g/mol. The number of halogens is 1. The summed E-state index contributed by atoms with van der Waals surface area (Å²) in [6, 6.07) is 0.720.